The largest absolute Gasteiger partial charge is 0.353 e. The predicted molar refractivity (Wildman–Crippen MR) is 77.4 cm³/mol. The number of imidazole rings is 1. The molecule has 18 heavy (non-hydrogen) atoms. The van der Waals surface area contributed by atoms with Crippen molar-refractivity contribution in [3.63, 3.8) is 0 Å². The maximum Gasteiger partial charge on any atom is 0.207 e. The number of anilines is 1. The fourth-order valence-electron chi connectivity index (χ4n) is 1.56. The standard InChI is InChI=1S/C12H12Cl3N3/c1-7(2)17-12-16-3-4-18(12)11-6-9(14)8(13)5-10(11)15/h3-7H,1-2H3,(H,16,17). The molecule has 1 heterocycles. The number of halogens is 3. The number of rotatable bonds is 3. The molecule has 0 radical (unpaired) electrons. The van der Waals surface area contributed by atoms with Crippen LogP contribution in [0, 0.1) is 0 Å². The van der Waals surface area contributed by atoms with E-state index >= 15 is 0 Å². The third-order valence-electron chi connectivity index (χ3n) is 2.31. The Bertz CT molecular complexity index is 564. The van der Waals surface area contributed by atoms with Gasteiger partial charge in [-0.15, -0.1) is 0 Å². The lowest BCUT2D eigenvalue weighted by atomic mass is 10.3. The van der Waals surface area contributed by atoms with Crippen LogP contribution < -0.4 is 5.32 Å². The average Bonchev–Trinajstić information content (AvgIpc) is 2.70. The quantitative estimate of drug-likeness (QED) is 0.836. The van der Waals surface area contributed by atoms with Gasteiger partial charge in [0.15, 0.2) is 0 Å². The van der Waals surface area contributed by atoms with E-state index < -0.39 is 0 Å². The number of hydrogen-bond donors (Lipinski definition) is 1. The van der Waals surface area contributed by atoms with Crippen molar-refractivity contribution < 1.29 is 0 Å². The first-order chi connectivity index (χ1) is 8.49. The molecular weight excluding hydrogens is 293 g/mol. The van der Waals surface area contributed by atoms with Crippen LogP contribution in [0.25, 0.3) is 5.69 Å². The highest BCUT2D eigenvalue weighted by Crippen LogP contribution is 2.32. The van der Waals surface area contributed by atoms with Gasteiger partial charge in [-0.3, -0.25) is 4.57 Å². The normalized spacial score (nSPS) is 11.0. The van der Waals surface area contributed by atoms with E-state index in [0.717, 1.165) is 5.69 Å². The second-order valence-electron chi connectivity index (χ2n) is 4.14. The molecule has 0 atom stereocenters. The third kappa shape index (κ3) is 2.74. The minimum Gasteiger partial charge on any atom is -0.353 e. The highest BCUT2D eigenvalue weighted by molar-refractivity contribution is 6.43. The van der Waals surface area contributed by atoms with E-state index in [2.05, 4.69) is 10.3 Å². The first-order valence-corrected chi connectivity index (χ1v) is 6.57. The van der Waals surface area contributed by atoms with E-state index in [0.29, 0.717) is 21.0 Å². The van der Waals surface area contributed by atoms with Gasteiger partial charge < -0.3 is 5.32 Å². The zero-order chi connectivity index (χ0) is 13.3. The lowest BCUT2D eigenvalue weighted by molar-refractivity contribution is 0.864. The number of nitrogens with one attached hydrogen (secondary N) is 1. The molecule has 0 aliphatic heterocycles. The second kappa shape index (κ2) is 5.39. The van der Waals surface area contributed by atoms with Gasteiger partial charge in [0, 0.05) is 18.4 Å². The molecule has 0 aliphatic carbocycles. The second-order valence-corrected chi connectivity index (χ2v) is 5.36. The van der Waals surface area contributed by atoms with Gasteiger partial charge in [0.25, 0.3) is 0 Å². The number of aromatic nitrogens is 2. The van der Waals surface area contributed by atoms with Crippen molar-refractivity contribution in [1.82, 2.24) is 9.55 Å². The Morgan fingerprint density at radius 3 is 2.44 bits per heavy atom. The molecule has 96 valence electrons. The predicted octanol–water partition coefficient (Wildman–Crippen LogP) is 4.65. The Morgan fingerprint density at radius 1 is 1.11 bits per heavy atom. The lowest BCUT2D eigenvalue weighted by Crippen LogP contribution is -2.14. The van der Waals surface area contributed by atoms with Gasteiger partial charge in [-0.25, -0.2) is 4.98 Å². The van der Waals surface area contributed by atoms with Gasteiger partial charge in [0.05, 0.1) is 20.8 Å². The molecule has 1 aromatic carbocycles. The molecule has 0 aliphatic rings. The number of hydrogen-bond acceptors (Lipinski definition) is 2. The Hall–Kier alpha value is -0.900. The van der Waals surface area contributed by atoms with Crippen molar-refractivity contribution >= 4 is 40.8 Å². The van der Waals surface area contributed by atoms with E-state index in [1.54, 1.807) is 18.3 Å². The average molecular weight is 305 g/mol. The molecule has 2 rings (SSSR count). The summed E-state index contributed by atoms with van der Waals surface area (Å²) in [6.45, 7) is 4.07. The van der Waals surface area contributed by atoms with Crippen molar-refractivity contribution in [2.24, 2.45) is 0 Å². The molecule has 0 saturated heterocycles. The van der Waals surface area contributed by atoms with E-state index in [1.807, 2.05) is 24.6 Å². The fraction of sp³-hybridized carbons (Fsp3) is 0.250. The summed E-state index contributed by atoms with van der Waals surface area (Å²) in [6, 6.07) is 3.62. The van der Waals surface area contributed by atoms with E-state index in [9.17, 15) is 0 Å². The SMILES string of the molecule is CC(C)Nc1nccn1-c1cc(Cl)c(Cl)cc1Cl. The van der Waals surface area contributed by atoms with Crippen LogP contribution in [-0.2, 0) is 0 Å². The van der Waals surface area contributed by atoms with Gasteiger partial charge >= 0.3 is 0 Å². The summed E-state index contributed by atoms with van der Waals surface area (Å²) < 4.78 is 1.84. The van der Waals surface area contributed by atoms with Gasteiger partial charge in [-0.05, 0) is 26.0 Å². The summed E-state index contributed by atoms with van der Waals surface area (Å²) >= 11 is 18.1. The minimum atomic E-state index is 0.271. The van der Waals surface area contributed by atoms with Gasteiger partial charge in [0.2, 0.25) is 5.95 Å². The van der Waals surface area contributed by atoms with Crippen LogP contribution in [0.5, 0.6) is 0 Å². The molecule has 0 saturated carbocycles. The van der Waals surface area contributed by atoms with Crippen molar-refractivity contribution in [2.75, 3.05) is 5.32 Å². The summed E-state index contributed by atoms with van der Waals surface area (Å²) in [5.41, 5.74) is 0.742. The van der Waals surface area contributed by atoms with Crippen LogP contribution in [0.1, 0.15) is 13.8 Å². The summed E-state index contributed by atoms with van der Waals surface area (Å²) in [5.74, 6) is 0.713. The maximum absolute atomic E-state index is 6.18. The van der Waals surface area contributed by atoms with Gasteiger partial charge in [-0.2, -0.15) is 0 Å². The van der Waals surface area contributed by atoms with Crippen molar-refractivity contribution in [3.05, 3.63) is 39.6 Å². The molecule has 0 unspecified atom stereocenters. The molecule has 0 spiro atoms. The highest BCUT2D eigenvalue weighted by atomic mass is 35.5. The van der Waals surface area contributed by atoms with Crippen LogP contribution >= 0.6 is 34.8 Å². The zero-order valence-electron chi connectivity index (χ0n) is 9.92. The van der Waals surface area contributed by atoms with Gasteiger partial charge in [-0.1, -0.05) is 34.8 Å². The highest BCUT2D eigenvalue weighted by Gasteiger charge is 2.11. The van der Waals surface area contributed by atoms with Crippen LogP contribution in [-0.4, -0.2) is 15.6 Å². The van der Waals surface area contributed by atoms with Crippen LogP contribution in [0.3, 0.4) is 0 Å². The summed E-state index contributed by atoms with van der Waals surface area (Å²) in [4.78, 5) is 4.24. The fourth-order valence-corrected chi connectivity index (χ4v) is 2.19. The van der Waals surface area contributed by atoms with Crippen molar-refractivity contribution in [2.45, 2.75) is 19.9 Å². The first-order valence-electron chi connectivity index (χ1n) is 5.44. The first kappa shape index (κ1) is 13.5. The Balaban J connectivity index is 2.49. The number of nitrogens with zero attached hydrogens (tertiary/aromatic N) is 2. The summed E-state index contributed by atoms with van der Waals surface area (Å²) in [7, 11) is 0. The molecular formula is C12H12Cl3N3. The molecule has 0 fully saturated rings. The smallest absolute Gasteiger partial charge is 0.207 e. The maximum atomic E-state index is 6.18. The molecule has 3 nitrogen and oxygen atoms in total. The van der Waals surface area contributed by atoms with Crippen molar-refractivity contribution in [3.8, 4) is 5.69 Å². The van der Waals surface area contributed by atoms with Crippen LogP contribution in [0.4, 0.5) is 5.95 Å². The lowest BCUT2D eigenvalue weighted by Gasteiger charge is -2.14. The Kier molecular flexibility index (Phi) is 4.05. The molecule has 2 aromatic rings. The molecule has 6 heteroatoms. The monoisotopic (exact) mass is 303 g/mol. The van der Waals surface area contributed by atoms with Crippen LogP contribution in [0.15, 0.2) is 24.5 Å². The molecule has 0 bridgehead atoms. The zero-order valence-corrected chi connectivity index (χ0v) is 12.2. The molecule has 0 amide bonds. The minimum absolute atomic E-state index is 0.271. The Morgan fingerprint density at radius 2 is 1.78 bits per heavy atom. The molecule has 1 aromatic heterocycles. The van der Waals surface area contributed by atoms with E-state index in [-0.39, 0.29) is 6.04 Å². The topological polar surface area (TPSA) is 29.9 Å². The Labute approximate surface area is 121 Å². The van der Waals surface area contributed by atoms with E-state index in [1.165, 1.54) is 0 Å². The molecule has 1 N–H and O–H groups in total. The van der Waals surface area contributed by atoms with Gasteiger partial charge in [0.1, 0.15) is 0 Å². The van der Waals surface area contributed by atoms with Crippen LogP contribution in [0.2, 0.25) is 15.1 Å². The third-order valence-corrected chi connectivity index (χ3v) is 3.33. The van der Waals surface area contributed by atoms with E-state index in [4.69, 9.17) is 34.8 Å². The number of benzene rings is 1. The summed E-state index contributed by atoms with van der Waals surface area (Å²) in [6.07, 6.45) is 3.51. The van der Waals surface area contributed by atoms with Crippen molar-refractivity contribution in [1.29, 1.82) is 0 Å². The summed E-state index contributed by atoms with van der Waals surface area (Å²) in [5, 5.41) is 4.65.